The van der Waals surface area contributed by atoms with Crippen molar-refractivity contribution in [3.8, 4) is 0 Å². The fourth-order valence-corrected chi connectivity index (χ4v) is 0.369. The largest absolute Gasteiger partial charge is 0.458 e. The lowest BCUT2D eigenvalue weighted by Gasteiger charge is -1.95. The first-order valence-electron chi connectivity index (χ1n) is 2.88. The highest BCUT2D eigenvalue weighted by Crippen LogP contribution is 1.84. The second-order valence-electron chi connectivity index (χ2n) is 1.81. The van der Waals surface area contributed by atoms with Gasteiger partial charge in [-0.3, -0.25) is 0 Å². The van der Waals surface area contributed by atoms with Gasteiger partial charge in [0.1, 0.15) is 6.61 Å². The Morgan fingerprint density at radius 1 is 1.80 bits per heavy atom. The Kier molecular flexibility index (Phi) is 4.04. The van der Waals surface area contributed by atoms with Crippen molar-refractivity contribution in [3.05, 3.63) is 24.4 Å². The summed E-state index contributed by atoms with van der Waals surface area (Å²) in [5.41, 5.74) is 5.64. The van der Waals surface area contributed by atoms with Gasteiger partial charge >= 0.3 is 5.97 Å². The van der Waals surface area contributed by atoms with Crippen LogP contribution < -0.4 is 5.73 Å². The Hall–Kier alpha value is -1.25. The van der Waals surface area contributed by atoms with Crippen molar-refractivity contribution in [1.29, 1.82) is 0 Å². The smallest absolute Gasteiger partial charge is 0.332 e. The minimum Gasteiger partial charge on any atom is -0.458 e. The molecule has 0 aromatic carbocycles. The number of rotatable bonds is 3. The number of carbonyl (C=O) groups excluding carboxylic acids is 1. The van der Waals surface area contributed by atoms with Gasteiger partial charge in [0.2, 0.25) is 0 Å². The van der Waals surface area contributed by atoms with E-state index in [2.05, 4.69) is 11.3 Å². The lowest BCUT2D eigenvalue weighted by Crippen LogP contribution is -2.03. The van der Waals surface area contributed by atoms with Crippen LogP contribution in [0.15, 0.2) is 24.4 Å². The third kappa shape index (κ3) is 4.90. The average molecular weight is 141 g/mol. The predicted octanol–water partition coefficient (Wildman–Crippen LogP) is 0.578. The number of nitrogens with two attached hydrogens (primary N) is 1. The Balaban J connectivity index is 3.64. The highest BCUT2D eigenvalue weighted by atomic mass is 16.5. The zero-order valence-electron chi connectivity index (χ0n) is 5.96. The molecule has 0 aromatic heterocycles. The van der Waals surface area contributed by atoms with Gasteiger partial charge in [-0.15, -0.1) is 0 Å². The molecular weight excluding hydrogens is 130 g/mol. The third-order valence-electron chi connectivity index (χ3n) is 0.689. The van der Waals surface area contributed by atoms with Gasteiger partial charge in [-0.2, -0.15) is 0 Å². The van der Waals surface area contributed by atoms with Gasteiger partial charge in [0.25, 0.3) is 0 Å². The van der Waals surface area contributed by atoms with E-state index in [9.17, 15) is 4.79 Å². The van der Waals surface area contributed by atoms with Crippen LogP contribution in [0.25, 0.3) is 0 Å². The average Bonchev–Trinajstić information content (AvgIpc) is 1.82. The van der Waals surface area contributed by atoms with E-state index in [0.29, 0.717) is 5.70 Å². The summed E-state index contributed by atoms with van der Waals surface area (Å²) in [6.07, 6.45) is 2.72. The molecule has 0 unspecified atom stereocenters. The number of carbonyl (C=O) groups is 1. The van der Waals surface area contributed by atoms with Crippen molar-refractivity contribution in [2.24, 2.45) is 5.73 Å². The zero-order chi connectivity index (χ0) is 7.98. The molecule has 0 amide bonds. The Morgan fingerprint density at radius 3 is 2.80 bits per heavy atom. The number of allylic oxidation sites excluding steroid dienone is 1. The van der Waals surface area contributed by atoms with Crippen molar-refractivity contribution < 1.29 is 9.53 Å². The predicted molar refractivity (Wildman–Crippen MR) is 39.1 cm³/mol. The molecule has 0 saturated heterocycles. The molecule has 0 spiro atoms. The number of ether oxygens (including phenoxy) is 1. The SMILES string of the molecule is C=CCOC(=O)/C=C(\C)N. The molecule has 0 saturated carbocycles. The molecule has 0 atom stereocenters. The zero-order valence-corrected chi connectivity index (χ0v) is 5.96. The van der Waals surface area contributed by atoms with Gasteiger partial charge in [-0.05, 0) is 6.92 Å². The number of esters is 1. The first kappa shape index (κ1) is 8.75. The van der Waals surface area contributed by atoms with Gasteiger partial charge in [0.05, 0.1) is 0 Å². The molecule has 56 valence electrons. The topological polar surface area (TPSA) is 52.3 Å². The standard InChI is InChI=1S/C7H11NO2/c1-3-4-10-7(9)5-6(2)8/h3,5H,1,4,8H2,2H3/b6-5+. The summed E-state index contributed by atoms with van der Waals surface area (Å²) in [4.78, 5) is 10.6. The van der Waals surface area contributed by atoms with Gasteiger partial charge in [0.15, 0.2) is 0 Å². The van der Waals surface area contributed by atoms with E-state index in [-0.39, 0.29) is 6.61 Å². The van der Waals surface area contributed by atoms with E-state index < -0.39 is 5.97 Å². The van der Waals surface area contributed by atoms with Crippen molar-refractivity contribution in [1.82, 2.24) is 0 Å². The van der Waals surface area contributed by atoms with Crippen LogP contribution in [-0.4, -0.2) is 12.6 Å². The molecule has 10 heavy (non-hydrogen) atoms. The quantitative estimate of drug-likeness (QED) is 0.355. The maximum absolute atomic E-state index is 10.6. The van der Waals surface area contributed by atoms with Crippen LogP contribution in [-0.2, 0) is 9.53 Å². The van der Waals surface area contributed by atoms with Gasteiger partial charge in [0, 0.05) is 11.8 Å². The monoisotopic (exact) mass is 141 g/mol. The minimum atomic E-state index is -0.431. The van der Waals surface area contributed by atoms with Crippen LogP contribution in [0.3, 0.4) is 0 Å². The lowest BCUT2D eigenvalue weighted by molar-refractivity contribution is -0.136. The van der Waals surface area contributed by atoms with E-state index in [0.717, 1.165) is 0 Å². The van der Waals surface area contributed by atoms with Crippen LogP contribution in [0.2, 0.25) is 0 Å². The van der Waals surface area contributed by atoms with Crippen molar-refractivity contribution in [2.45, 2.75) is 6.92 Å². The molecule has 0 aliphatic rings. The van der Waals surface area contributed by atoms with E-state index in [1.807, 2.05) is 0 Å². The first-order chi connectivity index (χ1) is 4.66. The molecular formula is C7H11NO2. The van der Waals surface area contributed by atoms with Crippen molar-refractivity contribution in [2.75, 3.05) is 6.61 Å². The highest BCUT2D eigenvalue weighted by Gasteiger charge is 1.93. The normalized spacial score (nSPS) is 10.7. The molecule has 0 aliphatic carbocycles. The third-order valence-corrected chi connectivity index (χ3v) is 0.689. The van der Waals surface area contributed by atoms with Gasteiger partial charge in [-0.25, -0.2) is 4.79 Å². The minimum absolute atomic E-state index is 0.225. The summed E-state index contributed by atoms with van der Waals surface area (Å²) in [5, 5.41) is 0. The molecule has 0 radical (unpaired) electrons. The molecule has 3 heteroatoms. The molecule has 0 heterocycles. The van der Waals surface area contributed by atoms with Crippen LogP contribution in [0.4, 0.5) is 0 Å². The Labute approximate surface area is 60.2 Å². The van der Waals surface area contributed by atoms with Gasteiger partial charge in [-0.1, -0.05) is 12.7 Å². The highest BCUT2D eigenvalue weighted by molar-refractivity contribution is 5.82. The van der Waals surface area contributed by atoms with Crippen molar-refractivity contribution in [3.63, 3.8) is 0 Å². The molecule has 0 fully saturated rings. The van der Waals surface area contributed by atoms with E-state index in [4.69, 9.17) is 5.73 Å². The van der Waals surface area contributed by atoms with E-state index in [1.54, 1.807) is 6.92 Å². The Morgan fingerprint density at radius 2 is 2.40 bits per heavy atom. The van der Waals surface area contributed by atoms with Crippen LogP contribution in [0.1, 0.15) is 6.92 Å². The first-order valence-corrected chi connectivity index (χ1v) is 2.88. The summed E-state index contributed by atoms with van der Waals surface area (Å²) in [6.45, 7) is 5.23. The molecule has 0 aliphatic heterocycles. The van der Waals surface area contributed by atoms with Gasteiger partial charge < -0.3 is 10.5 Å². The van der Waals surface area contributed by atoms with Crippen LogP contribution in [0.5, 0.6) is 0 Å². The fraction of sp³-hybridized carbons (Fsp3) is 0.286. The summed E-state index contributed by atoms with van der Waals surface area (Å²) in [6, 6.07) is 0. The maximum Gasteiger partial charge on any atom is 0.332 e. The summed E-state index contributed by atoms with van der Waals surface area (Å²) < 4.78 is 4.59. The fourth-order valence-electron chi connectivity index (χ4n) is 0.369. The molecule has 3 nitrogen and oxygen atoms in total. The molecule has 0 rings (SSSR count). The number of hydrogen-bond donors (Lipinski definition) is 1. The van der Waals surface area contributed by atoms with E-state index in [1.165, 1.54) is 12.2 Å². The van der Waals surface area contributed by atoms with Crippen LogP contribution >= 0.6 is 0 Å². The number of hydrogen-bond acceptors (Lipinski definition) is 3. The van der Waals surface area contributed by atoms with E-state index >= 15 is 0 Å². The summed E-state index contributed by atoms with van der Waals surface area (Å²) >= 11 is 0. The van der Waals surface area contributed by atoms with Crippen LogP contribution in [0, 0.1) is 0 Å². The Bertz CT molecular complexity index is 157. The van der Waals surface area contributed by atoms with Crippen molar-refractivity contribution >= 4 is 5.97 Å². The second kappa shape index (κ2) is 4.61. The summed E-state index contributed by atoms with van der Waals surface area (Å²) in [7, 11) is 0. The maximum atomic E-state index is 10.6. The molecule has 2 N–H and O–H groups in total. The summed E-state index contributed by atoms with van der Waals surface area (Å²) in [5.74, 6) is -0.431. The lowest BCUT2D eigenvalue weighted by atomic mass is 10.4. The molecule has 0 bridgehead atoms. The molecule has 0 aromatic rings. The second-order valence-corrected chi connectivity index (χ2v) is 1.81.